The highest BCUT2D eigenvalue weighted by Gasteiger charge is 2.50. The smallest absolute Gasteiger partial charge is 0.272 e. The third-order valence-corrected chi connectivity index (χ3v) is 10.3. The van der Waals surface area contributed by atoms with Gasteiger partial charge in [-0.1, -0.05) is 48.5 Å². The van der Waals surface area contributed by atoms with Crippen LogP contribution in [0.1, 0.15) is 76.8 Å². The quantitative estimate of drug-likeness (QED) is 0.170. The lowest BCUT2D eigenvalue weighted by Crippen LogP contribution is -2.40. The zero-order valence-corrected chi connectivity index (χ0v) is 26.1. The topological polar surface area (TPSA) is 155 Å². The van der Waals surface area contributed by atoms with Crippen LogP contribution in [0.25, 0.3) is 33.6 Å². The Hall–Kier alpha value is -5.78. The summed E-state index contributed by atoms with van der Waals surface area (Å²) in [6, 6.07) is 17.0. The Morgan fingerprint density at radius 1 is 0.667 bits per heavy atom. The highest BCUT2D eigenvalue weighted by Crippen LogP contribution is 2.50. The zero-order valence-electron chi connectivity index (χ0n) is 26.1. The number of rotatable bonds is 7. The number of H-pyrrole nitrogens is 4. The van der Waals surface area contributed by atoms with Crippen LogP contribution in [-0.4, -0.2) is 74.1 Å². The van der Waals surface area contributed by atoms with E-state index in [4.69, 9.17) is 4.98 Å². The van der Waals surface area contributed by atoms with Gasteiger partial charge in [0.25, 0.3) is 11.8 Å². The fourth-order valence-electron chi connectivity index (χ4n) is 7.94. The molecule has 12 nitrogen and oxygen atoms in total. The molecule has 2 bridgehead atoms. The molecule has 1 saturated carbocycles. The second-order valence-electron chi connectivity index (χ2n) is 13.0. The average molecular weight is 639 g/mol. The first-order valence-electron chi connectivity index (χ1n) is 16.5. The van der Waals surface area contributed by atoms with E-state index in [2.05, 4.69) is 83.4 Å². The van der Waals surface area contributed by atoms with Crippen LogP contribution in [0.4, 0.5) is 0 Å². The molecule has 1 aliphatic carbocycles. The number of piperidine rings is 1. The molecule has 0 radical (unpaired) electrons. The number of nitrogens with zero attached hydrogens (tertiary/aromatic N) is 6. The summed E-state index contributed by atoms with van der Waals surface area (Å²) in [6.45, 7) is 0.696. The highest BCUT2D eigenvalue weighted by molar-refractivity contribution is 5.93. The van der Waals surface area contributed by atoms with E-state index in [1.165, 1.54) is 6.33 Å². The molecule has 240 valence electrons. The van der Waals surface area contributed by atoms with Gasteiger partial charge >= 0.3 is 0 Å². The summed E-state index contributed by atoms with van der Waals surface area (Å²) in [6.07, 6.45) is 14.9. The van der Waals surface area contributed by atoms with Crippen molar-refractivity contribution in [2.75, 3.05) is 6.54 Å². The predicted octanol–water partition coefficient (Wildman–Crippen LogP) is 5.92. The predicted molar refractivity (Wildman–Crippen MR) is 177 cm³/mol. The van der Waals surface area contributed by atoms with Crippen molar-refractivity contribution in [2.45, 2.75) is 50.2 Å². The van der Waals surface area contributed by atoms with Crippen molar-refractivity contribution in [3.05, 3.63) is 109 Å². The van der Waals surface area contributed by atoms with Crippen molar-refractivity contribution >= 4 is 11.8 Å². The summed E-state index contributed by atoms with van der Waals surface area (Å²) in [7, 11) is 0. The first-order valence-corrected chi connectivity index (χ1v) is 16.5. The van der Waals surface area contributed by atoms with Crippen molar-refractivity contribution in [3.8, 4) is 33.6 Å². The number of nitrogens with one attached hydrogen (secondary N) is 4. The number of likely N-dealkylation sites (tertiary alicyclic amines) is 2. The Kier molecular flexibility index (Phi) is 6.80. The average Bonchev–Trinajstić information content (AvgIpc) is 3.98. The van der Waals surface area contributed by atoms with Crippen LogP contribution in [0, 0.1) is 5.92 Å². The van der Waals surface area contributed by atoms with E-state index in [0.717, 1.165) is 77.4 Å². The van der Waals surface area contributed by atoms with Crippen molar-refractivity contribution in [2.24, 2.45) is 5.92 Å². The van der Waals surface area contributed by atoms with Crippen molar-refractivity contribution in [1.82, 2.24) is 49.7 Å². The maximum atomic E-state index is 13.4. The first-order chi connectivity index (χ1) is 23.6. The Morgan fingerprint density at radius 3 is 1.88 bits per heavy atom. The number of amides is 2. The summed E-state index contributed by atoms with van der Waals surface area (Å²) >= 11 is 0. The van der Waals surface area contributed by atoms with Gasteiger partial charge in [0, 0.05) is 12.6 Å². The third-order valence-electron chi connectivity index (χ3n) is 10.3. The lowest BCUT2D eigenvalue weighted by molar-refractivity contribution is 0.0573. The van der Waals surface area contributed by atoms with E-state index in [1.807, 2.05) is 22.2 Å². The maximum Gasteiger partial charge on any atom is 0.272 e. The minimum atomic E-state index is -0.0880. The molecular weight excluding hydrogens is 604 g/mol. The Balaban J connectivity index is 0.891. The maximum absolute atomic E-state index is 13.4. The normalized spacial score (nSPS) is 21.8. The second kappa shape index (κ2) is 11.5. The monoisotopic (exact) mass is 638 g/mol. The molecule has 4 aromatic heterocycles. The van der Waals surface area contributed by atoms with Gasteiger partial charge in [-0.15, -0.1) is 0 Å². The minimum absolute atomic E-state index is 0.00996. The molecular formula is C36H34N10O2. The summed E-state index contributed by atoms with van der Waals surface area (Å²) in [5.41, 5.74) is 7.16. The van der Waals surface area contributed by atoms with Gasteiger partial charge in [0.2, 0.25) is 0 Å². The SMILES string of the molecule is O=C(c1cnc[nH]1)N1CCC[C@H]1c1ncc(-c2ccc(-c3ccc(-c4cnc([C@H]5[C@H]6CC[C@@H](C6)N5C(=O)c5cnc[nH]5)[nH]4)cc3)cc2)[nH]1. The molecule has 6 heterocycles. The van der Waals surface area contributed by atoms with Crippen LogP contribution in [0.5, 0.6) is 0 Å². The summed E-state index contributed by atoms with van der Waals surface area (Å²) < 4.78 is 0. The van der Waals surface area contributed by atoms with Crippen LogP contribution < -0.4 is 0 Å². The van der Waals surface area contributed by atoms with Crippen LogP contribution in [-0.2, 0) is 0 Å². The fourth-order valence-corrected chi connectivity index (χ4v) is 7.94. The van der Waals surface area contributed by atoms with Crippen molar-refractivity contribution in [1.29, 1.82) is 0 Å². The van der Waals surface area contributed by atoms with E-state index in [-0.39, 0.29) is 29.9 Å². The second-order valence-corrected chi connectivity index (χ2v) is 13.0. The number of imidazole rings is 4. The molecule has 2 saturated heterocycles. The molecule has 3 aliphatic rings. The molecule has 0 unspecified atom stereocenters. The first kappa shape index (κ1) is 28.4. The standard InChI is InChI=1S/C36H34N10O2/c47-35(29-15-37-19-41-29)45-13-1-2-31(45)33-39-17-27(43-33)23-7-3-21(4-8-23)22-5-9-24(10-6-22)28-18-40-34(44-28)32-25-11-12-26(14-25)46(32)36(48)30-16-38-20-42-30/h3-10,15-20,25-26,31-32H,1-2,11-14H2,(H,37,41)(H,38,42)(H,39,43)(H,40,44)/t25-,26-,31-,32+/m0/s1. The number of benzene rings is 2. The number of fused-ring (bicyclic) bond motifs is 2. The highest BCUT2D eigenvalue weighted by atomic mass is 16.2. The number of carbonyl (C=O) groups excluding carboxylic acids is 2. The number of carbonyl (C=O) groups is 2. The lowest BCUT2D eigenvalue weighted by atomic mass is 9.97. The summed E-state index contributed by atoms with van der Waals surface area (Å²) in [5.74, 6) is 1.99. The molecule has 0 spiro atoms. The minimum Gasteiger partial charge on any atom is -0.341 e. The third kappa shape index (κ3) is 4.83. The van der Waals surface area contributed by atoms with Crippen LogP contribution in [0.2, 0.25) is 0 Å². The molecule has 3 fully saturated rings. The largest absolute Gasteiger partial charge is 0.341 e. The van der Waals surface area contributed by atoms with E-state index in [9.17, 15) is 9.59 Å². The van der Waals surface area contributed by atoms with Gasteiger partial charge in [0.1, 0.15) is 23.0 Å². The van der Waals surface area contributed by atoms with E-state index in [1.54, 1.807) is 18.7 Å². The van der Waals surface area contributed by atoms with Crippen molar-refractivity contribution < 1.29 is 9.59 Å². The Bertz CT molecular complexity index is 2060. The summed E-state index contributed by atoms with van der Waals surface area (Å²) in [5, 5.41) is 0. The van der Waals surface area contributed by atoms with Gasteiger partial charge in [0.05, 0.1) is 60.9 Å². The van der Waals surface area contributed by atoms with Gasteiger partial charge in [-0.05, 0) is 60.3 Å². The van der Waals surface area contributed by atoms with E-state index < -0.39 is 0 Å². The van der Waals surface area contributed by atoms with Gasteiger partial charge in [-0.3, -0.25) is 9.59 Å². The van der Waals surface area contributed by atoms with E-state index >= 15 is 0 Å². The molecule has 6 aromatic rings. The molecule has 2 amide bonds. The van der Waals surface area contributed by atoms with Crippen LogP contribution >= 0.6 is 0 Å². The molecule has 4 atom stereocenters. The number of aromatic amines is 4. The summed E-state index contributed by atoms with van der Waals surface area (Å²) in [4.78, 5) is 60.6. The van der Waals surface area contributed by atoms with Gasteiger partial charge in [-0.25, -0.2) is 19.9 Å². The van der Waals surface area contributed by atoms with Gasteiger partial charge in [0.15, 0.2) is 0 Å². The van der Waals surface area contributed by atoms with Crippen LogP contribution in [0.15, 0.2) is 86.0 Å². The molecule has 9 rings (SSSR count). The van der Waals surface area contributed by atoms with Gasteiger partial charge in [-0.2, -0.15) is 0 Å². The van der Waals surface area contributed by atoms with Crippen molar-refractivity contribution in [3.63, 3.8) is 0 Å². The Morgan fingerprint density at radius 2 is 1.25 bits per heavy atom. The lowest BCUT2D eigenvalue weighted by Gasteiger charge is -2.33. The van der Waals surface area contributed by atoms with Gasteiger partial charge < -0.3 is 29.7 Å². The van der Waals surface area contributed by atoms with E-state index in [0.29, 0.717) is 23.9 Å². The number of hydrogen-bond acceptors (Lipinski definition) is 6. The molecule has 4 N–H and O–H groups in total. The number of aromatic nitrogens is 8. The van der Waals surface area contributed by atoms with Crippen LogP contribution in [0.3, 0.4) is 0 Å². The molecule has 2 aromatic carbocycles. The number of hydrogen-bond donors (Lipinski definition) is 4. The molecule has 48 heavy (non-hydrogen) atoms. The zero-order chi connectivity index (χ0) is 32.2. The fraction of sp³-hybridized carbons (Fsp3) is 0.278. The Labute approximate surface area is 276 Å². The molecule has 12 heteroatoms. The molecule has 2 aliphatic heterocycles.